The summed E-state index contributed by atoms with van der Waals surface area (Å²) in [6.45, 7) is 3.20. The molecule has 3 rings (SSSR count). The lowest BCUT2D eigenvalue weighted by Crippen LogP contribution is -2.44. The third-order valence-electron chi connectivity index (χ3n) is 4.04. The Kier molecular flexibility index (Phi) is 4.99. The van der Waals surface area contributed by atoms with Crippen LogP contribution in [-0.4, -0.2) is 43.5 Å². The molecule has 24 heavy (non-hydrogen) atoms. The average Bonchev–Trinajstić information content (AvgIpc) is 2.91. The Morgan fingerprint density at radius 2 is 2.17 bits per heavy atom. The number of rotatable bonds is 4. The van der Waals surface area contributed by atoms with Crippen LogP contribution in [0.25, 0.3) is 10.9 Å². The molecule has 1 aromatic carbocycles. The van der Waals surface area contributed by atoms with Gasteiger partial charge in [0.15, 0.2) is 15.8 Å². The molecule has 0 spiro atoms. The van der Waals surface area contributed by atoms with E-state index < -0.39 is 9.84 Å². The highest BCUT2D eigenvalue weighted by atomic mass is 32.2. The Labute approximate surface area is 142 Å². The van der Waals surface area contributed by atoms with Gasteiger partial charge in [-0.3, -0.25) is 4.98 Å². The lowest BCUT2D eigenvalue weighted by Gasteiger charge is -2.16. The van der Waals surface area contributed by atoms with Crippen LogP contribution in [0, 0.1) is 0 Å². The fraction of sp³-hybridized carbons (Fsp3) is 0.412. The van der Waals surface area contributed by atoms with E-state index in [4.69, 9.17) is 0 Å². The first-order valence-corrected chi connectivity index (χ1v) is 9.97. The van der Waals surface area contributed by atoms with Crippen molar-refractivity contribution in [2.75, 3.05) is 18.1 Å². The van der Waals surface area contributed by atoms with Crippen LogP contribution in [0.4, 0.5) is 0 Å². The summed E-state index contributed by atoms with van der Waals surface area (Å²) in [5.74, 6) is 1.07. The molecule has 1 fully saturated rings. The van der Waals surface area contributed by atoms with E-state index >= 15 is 0 Å². The Morgan fingerprint density at radius 1 is 1.33 bits per heavy atom. The highest BCUT2D eigenvalue weighted by molar-refractivity contribution is 7.91. The van der Waals surface area contributed by atoms with Gasteiger partial charge in [0.2, 0.25) is 0 Å². The molecule has 2 aromatic rings. The number of aliphatic imine (C=N–C) groups is 1. The van der Waals surface area contributed by atoms with Crippen molar-refractivity contribution in [3.05, 3.63) is 42.1 Å². The summed E-state index contributed by atoms with van der Waals surface area (Å²) >= 11 is 0. The molecule has 2 heterocycles. The lowest BCUT2D eigenvalue weighted by atomic mass is 10.1. The van der Waals surface area contributed by atoms with Crippen LogP contribution in [0.3, 0.4) is 0 Å². The third-order valence-corrected chi connectivity index (χ3v) is 5.81. The van der Waals surface area contributed by atoms with Gasteiger partial charge in [0.25, 0.3) is 0 Å². The summed E-state index contributed by atoms with van der Waals surface area (Å²) in [5.41, 5.74) is 1.99. The van der Waals surface area contributed by atoms with Crippen molar-refractivity contribution in [2.45, 2.75) is 25.9 Å². The summed E-state index contributed by atoms with van der Waals surface area (Å²) in [5, 5.41) is 7.50. The van der Waals surface area contributed by atoms with E-state index in [0.717, 1.165) is 23.0 Å². The Bertz CT molecular complexity index is 843. The lowest BCUT2D eigenvalue weighted by molar-refractivity contribution is 0.599. The molecule has 0 radical (unpaired) electrons. The van der Waals surface area contributed by atoms with Gasteiger partial charge >= 0.3 is 0 Å². The molecule has 1 atom stereocenters. The van der Waals surface area contributed by atoms with Crippen molar-refractivity contribution >= 4 is 26.7 Å². The molecule has 2 N–H and O–H groups in total. The summed E-state index contributed by atoms with van der Waals surface area (Å²) < 4.78 is 23.2. The summed E-state index contributed by atoms with van der Waals surface area (Å²) in [6.07, 6.45) is 2.41. The maximum Gasteiger partial charge on any atom is 0.191 e. The molecular formula is C17H22N4O2S. The number of para-hydroxylation sites is 1. The second kappa shape index (κ2) is 7.17. The van der Waals surface area contributed by atoms with Crippen molar-refractivity contribution in [2.24, 2.45) is 4.99 Å². The Hall–Kier alpha value is -2.15. The largest absolute Gasteiger partial charge is 0.357 e. The van der Waals surface area contributed by atoms with Crippen LogP contribution in [-0.2, 0) is 16.4 Å². The van der Waals surface area contributed by atoms with E-state index in [-0.39, 0.29) is 17.5 Å². The van der Waals surface area contributed by atoms with Gasteiger partial charge in [-0.15, -0.1) is 0 Å². The molecule has 1 aliphatic heterocycles. The standard InChI is InChI=1S/C17H22N4O2S/c1-2-18-17(21-15-8-10-24(22,23)12-15)20-11-14-6-3-5-13-7-4-9-19-16(13)14/h3-7,9,15H,2,8,10-12H2,1H3,(H2,18,20,21). The number of nitrogens with one attached hydrogen (secondary N) is 2. The molecule has 1 aromatic heterocycles. The summed E-state index contributed by atoms with van der Waals surface area (Å²) in [6, 6.07) is 9.92. The molecule has 0 amide bonds. The number of guanidine groups is 1. The highest BCUT2D eigenvalue weighted by Crippen LogP contribution is 2.17. The van der Waals surface area contributed by atoms with Crippen molar-refractivity contribution in [1.29, 1.82) is 0 Å². The number of benzene rings is 1. The fourth-order valence-electron chi connectivity index (χ4n) is 2.88. The van der Waals surface area contributed by atoms with E-state index in [1.54, 1.807) is 6.20 Å². The van der Waals surface area contributed by atoms with Crippen LogP contribution in [0.1, 0.15) is 18.9 Å². The predicted molar refractivity (Wildman–Crippen MR) is 96.8 cm³/mol. The maximum atomic E-state index is 11.6. The fourth-order valence-corrected chi connectivity index (χ4v) is 4.55. The zero-order chi connectivity index (χ0) is 17.0. The van der Waals surface area contributed by atoms with Crippen LogP contribution < -0.4 is 10.6 Å². The number of hydrogen-bond acceptors (Lipinski definition) is 4. The van der Waals surface area contributed by atoms with Gasteiger partial charge in [-0.05, 0) is 25.0 Å². The van der Waals surface area contributed by atoms with Crippen LogP contribution in [0.5, 0.6) is 0 Å². The summed E-state index contributed by atoms with van der Waals surface area (Å²) in [7, 11) is -2.91. The van der Waals surface area contributed by atoms with Crippen LogP contribution in [0.15, 0.2) is 41.5 Å². The molecule has 1 saturated heterocycles. The quantitative estimate of drug-likeness (QED) is 0.647. The molecule has 1 unspecified atom stereocenters. The molecule has 0 bridgehead atoms. The first kappa shape index (κ1) is 16.7. The van der Waals surface area contributed by atoms with Gasteiger partial charge < -0.3 is 10.6 Å². The SMILES string of the molecule is CCNC(=NCc1cccc2cccnc12)NC1CCS(=O)(=O)C1. The monoisotopic (exact) mass is 346 g/mol. The van der Waals surface area contributed by atoms with E-state index in [0.29, 0.717) is 18.9 Å². The number of fused-ring (bicyclic) bond motifs is 1. The molecule has 128 valence electrons. The minimum Gasteiger partial charge on any atom is -0.357 e. The van der Waals surface area contributed by atoms with Crippen molar-refractivity contribution in [1.82, 2.24) is 15.6 Å². The minimum atomic E-state index is -2.91. The van der Waals surface area contributed by atoms with Crippen LogP contribution >= 0.6 is 0 Å². The number of aromatic nitrogens is 1. The summed E-state index contributed by atoms with van der Waals surface area (Å²) in [4.78, 5) is 9.04. The second-order valence-corrected chi connectivity index (χ2v) is 8.16. The zero-order valence-electron chi connectivity index (χ0n) is 13.7. The third kappa shape index (κ3) is 4.03. The number of hydrogen-bond donors (Lipinski definition) is 2. The van der Waals surface area contributed by atoms with Gasteiger partial charge in [-0.25, -0.2) is 13.4 Å². The number of sulfone groups is 1. The van der Waals surface area contributed by atoms with Crippen molar-refractivity contribution < 1.29 is 8.42 Å². The molecule has 0 aliphatic carbocycles. The van der Waals surface area contributed by atoms with E-state index in [1.165, 1.54) is 0 Å². The Morgan fingerprint density at radius 3 is 2.92 bits per heavy atom. The first-order valence-electron chi connectivity index (χ1n) is 8.15. The average molecular weight is 346 g/mol. The number of nitrogens with zero attached hydrogens (tertiary/aromatic N) is 2. The molecular weight excluding hydrogens is 324 g/mol. The maximum absolute atomic E-state index is 11.6. The highest BCUT2D eigenvalue weighted by Gasteiger charge is 2.28. The number of pyridine rings is 1. The van der Waals surface area contributed by atoms with Gasteiger partial charge in [0, 0.05) is 24.2 Å². The Balaban J connectivity index is 1.76. The first-order chi connectivity index (χ1) is 11.6. The van der Waals surface area contributed by atoms with Gasteiger partial charge in [0.05, 0.1) is 23.6 Å². The van der Waals surface area contributed by atoms with Crippen molar-refractivity contribution in [3.8, 4) is 0 Å². The van der Waals surface area contributed by atoms with Gasteiger partial charge in [0.1, 0.15) is 0 Å². The minimum absolute atomic E-state index is 0.0709. The van der Waals surface area contributed by atoms with E-state index in [1.807, 2.05) is 37.3 Å². The molecule has 0 saturated carbocycles. The zero-order valence-corrected chi connectivity index (χ0v) is 14.5. The normalized spacial score (nSPS) is 20.2. The molecule has 1 aliphatic rings. The van der Waals surface area contributed by atoms with Crippen molar-refractivity contribution in [3.63, 3.8) is 0 Å². The predicted octanol–water partition coefficient (Wildman–Crippen LogP) is 1.48. The van der Waals surface area contributed by atoms with Crippen LogP contribution in [0.2, 0.25) is 0 Å². The molecule has 6 nitrogen and oxygen atoms in total. The van der Waals surface area contributed by atoms with E-state index in [9.17, 15) is 8.42 Å². The van der Waals surface area contributed by atoms with E-state index in [2.05, 4.69) is 20.6 Å². The smallest absolute Gasteiger partial charge is 0.191 e. The molecule has 7 heteroatoms. The second-order valence-electron chi connectivity index (χ2n) is 5.93. The van der Waals surface area contributed by atoms with Gasteiger partial charge in [-0.2, -0.15) is 0 Å². The topological polar surface area (TPSA) is 83.4 Å². The van der Waals surface area contributed by atoms with Gasteiger partial charge in [-0.1, -0.05) is 24.3 Å².